The summed E-state index contributed by atoms with van der Waals surface area (Å²) in [4.78, 5) is 0.429. The Bertz CT molecular complexity index is 366. The van der Waals surface area contributed by atoms with Gasteiger partial charge in [0.25, 0.3) is 0 Å². The first kappa shape index (κ1) is 13.8. The van der Waals surface area contributed by atoms with Crippen molar-refractivity contribution in [3.8, 4) is 5.75 Å². The lowest BCUT2D eigenvalue weighted by Crippen LogP contribution is -2.50. The highest BCUT2D eigenvalue weighted by atomic mass is 79.9. The summed E-state index contributed by atoms with van der Waals surface area (Å²) in [5.41, 5.74) is 1.16. The van der Waals surface area contributed by atoms with Crippen LogP contribution in [0.4, 0.5) is 0 Å². The van der Waals surface area contributed by atoms with Crippen molar-refractivity contribution < 1.29 is 14.2 Å². The molecule has 0 amide bonds. The lowest BCUT2D eigenvalue weighted by atomic mass is 9.91. The summed E-state index contributed by atoms with van der Waals surface area (Å²) in [5.74, 6) is 0.870. The SMILES string of the molecule is CCOC1C(Br)CC1OCc1ccc(OC)cc1. The molecule has 3 nitrogen and oxygen atoms in total. The van der Waals surface area contributed by atoms with Gasteiger partial charge in [-0.2, -0.15) is 0 Å². The van der Waals surface area contributed by atoms with Crippen molar-refractivity contribution in [2.24, 2.45) is 0 Å². The third-order valence-electron chi connectivity index (χ3n) is 3.16. The Morgan fingerprint density at radius 2 is 1.94 bits per heavy atom. The monoisotopic (exact) mass is 314 g/mol. The maximum absolute atomic E-state index is 5.88. The summed E-state index contributed by atoms with van der Waals surface area (Å²) in [5, 5.41) is 0. The molecule has 4 heteroatoms. The summed E-state index contributed by atoms with van der Waals surface area (Å²) in [6.45, 7) is 3.37. The average Bonchev–Trinajstić information content (AvgIpc) is 2.41. The van der Waals surface area contributed by atoms with Gasteiger partial charge in [-0.3, -0.25) is 0 Å². The summed E-state index contributed by atoms with van der Waals surface area (Å²) >= 11 is 3.59. The largest absolute Gasteiger partial charge is 0.497 e. The van der Waals surface area contributed by atoms with E-state index in [0.717, 1.165) is 24.3 Å². The molecule has 0 heterocycles. The Morgan fingerprint density at radius 1 is 1.22 bits per heavy atom. The minimum absolute atomic E-state index is 0.188. The minimum atomic E-state index is 0.188. The molecule has 1 aromatic carbocycles. The fourth-order valence-electron chi connectivity index (χ4n) is 2.02. The van der Waals surface area contributed by atoms with Crippen molar-refractivity contribution in [3.05, 3.63) is 29.8 Å². The van der Waals surface area contributed by atoms with Crippen LogP contribution in [-0.2, 0) is 16.1 Å². The second-order valence-electron chi connectivity index (χ2n) is 4.37. The zero-order valence-electron chi connectivity index (χ0n) is 10.8. The van der Waals surface area contributed by atoms with Crippen LogP contribution in [0.3, 0.4) is 0 Å². The topological polar surface area (TPSA) is 27.7 Å². The van der Waals surface area contributed by atoms with Gasteiger partial charge in [0, 0.05) is 11.4 Å². The van der Waals surface area contributed by atoms with E-state index in [9.17, 15) is 0 Å². The van der Waals surface area contributed by atoms with Gasteiger partial charge in [0.15, 0.2) is 0 Å². The van der Waals surface area contributed by atoms with Gasteiger partial charge in [-0.25, -0.2) is 0 Å². The highest BCUT2D eigenvalue weighted by molar-refractivity contribution is 9.09. The molecule has 1 aromatic rings. The molecule has 0 bridgehead atoms. The first-order valence-electron chi connectivity index (χ1n) is 6.24. The number of hydrogen-bond acceptors (Lipinski definition) is 3. The quantitative estimate of drug-likeness (QED) is 0.755. The zero-order chi connectivity index (χ0) is 13.0. The molecule has 0 spiro atoms. The summed E-state index contributed by atoms with van der Waals surface area (Å²) in [6.07, 6.45) is 1.41. The van der Waals surface area contributed by atoms with Crippen molar-refractivity contribution in [1.82, 2.24) is 0 Å². The highest BCUT2D eigenvalue weighted by Crippen LogP contribution is 2.33. The second-order valence-corrected chi connectivity index (χ2v) is 5.55. The van der Waals surface area contributed by atoms with E-state index in [-0.39, 0.29) is 12.2 Å². The van der Waals surface area contributed by atoms with Crippen molar-refractivity contribution in [2.45, 2.75) is 37.0 Å². The predicted octanol–water partition coefficient (Wildman–Crippen LogP) is 3.15. The number of rotatable bonds is 6. The number of hydrogen-bond donors (Lipinski definition) is 0. The molecule has 0 N–H and O–H groups in total. The molecule has 100 valence electrons. The van der Waals surface area contributed by atoms with Gasteiger partial charge in [0.1, 0.15) is 5.75 Å². The van der Waals surface area contributed by atoms with Crippen LogP contribution in [-0.4, -0.2) is 30.8 Å². The van der Waals surface area contributed by atoms with Crippen LogP contribution >= 0.6 is 15.9 Å². The summed E-state index contributed by atoms with van der Waals surface area (Å²) in [6, 6.07) is 7.96. The van der Waals surface area contributed by atoms with Crippen LogP contribution < -0.4 is 4.74 Å². The van der Waals surface area contributed by atoms with Crippen LogP contribution in [0.2, 0.25) is 0 Å². The maximum Gasteiger partial charge on any atom is 0.118 e. The zero-order valence-corrected chi connectivity index (χ0v) is 12.4. The van der Waals surface area contributed by atoms with E-state index < -0.39 is 0 Å². The maximum atomic E-state index is 5.88. The molecule has 18 heavy (non-hydrogen) atoms. The van der Waals surface area contributed by atoms with Gasteiger partial charge in [-0.15, -0.1) is 0 Å². The minimum Gasteiger partial charge on any atom is -0.497 e. The Balaban J connectivity index is 1.80. The summed E-state index contributed by atoms with van der Waals surface area (Å²) in [7, 11) is 1.67. The number of ether oxygens (including phenoxy) is 3. The lowest BCUT2D eigenvalue weighted by Gasteiger charge is -2.40. The lowest BCUT2D eigenvalue weighted by molar-refractivity contribution is -0.124. The number of halogens is 1. The Hall–Kier alpha value is -0.580. The van der Waals surface area contributed by atoms with Crippen molar-refractivity contribution in [3.63, 3.8) is 0 Å². The second kappa shape index (κ2) is 6.55. The van der Waals surface area contributed by atoms with E-state index in [1.165, 1.54) is 0 Å². The van der Waals surface area contributed by atoms with Gasteiger partial charge in [-0.1, -0.05) is 28.1 Å². The van der Waals surface area contributed by atoms with Gasteiger partial charge in [-0.05, 0) is 31.0 Å². The van der Waals surface area contributed by atoms with Crippen LogP contribution in [0.5, 0.6) is 5.75 Å². The molecule has 2 rings (SSSR count). The average molecular weight is 315 g/mol. The van der Waals surface area contributed by atoms with E-state index in [0.29, 0.717) is 11.4 Å². The van der Waals surface area contributed by atoms with Crippen molar-refractivity contribution in [1.29, 1.82) is 0 Å². The fraction of sp³-hybridized carbons (Fsp3) is 0.571. The number of alkyl halides is 1. The molecular weight excluding hydrogens is 296 g/mol. The molecule has 3 unspecified atom stereocenters. The van der Waals surface area contributed by atoms with Gasteiger partial charge >= 0.3 is 0 Å². The highest BCUT2D eigenvalue weighted by Gasteiger charge is 2.41. The van der Waals surface area contributed by atoms with Crippen LogP contribution in [0, 0.1) is 0 Å². The molecule has 0 radical (unpaired) electrons. The van der Waals surface area contributed by atoms with E-state index in [4.69, 9.17) is 14.2 Å². The molecule has 0 aromatic heterocycles. The van der Waals surface area contributed by atoms with Gasteiger partial charge in [0.05, 0.1) is 25.9 Å². The Labute approximate surface area is 117 Å². The van der Waals surface area contributed by atoms with E-state index >= 15 is 0 Å². The first-order chi connectivity index (χ1) is 8.74. The summed E-state index contributed by atoms with van der Waals surface area (Å²) < 4.78 is 16.6. The van der Waals surface area contributed by atoms with Crippen molar-refractivity contribution in [2.75, 3.05) is 13.7 Å². The Morgan fingerprint density at radius 3 is 2.50 bits per heavy atom. The van der Waals surface area contributed by atoms with Crippen LogP contribution in [0.1, 0.15) is 18.9 Å². The van der Waals surface area contributed by atoms with Gasteiger partial charge < -0.3 is 14.2 Å². The smallest absolute Gasteiger partial charge is 0.118 e. The van der Waals surface area contributed by atoms with E-state index in [1.807, 2.05) is 31.2 Å². The molecule has 1 saturated carbocycles. The standard InChI is InChI=1S/C14H19BrO3/c1-3-17-14-12(15)8-13(14)18-9-10-4-6-11(16-2)7-5-10/h4-7,12-14H,3,8-9H2,1-2H3. The number of benzene rings is 1. The van der Waals surface area contributed by atoms with E-state index in [2.05, 4.69) is 15.9 Å². The third-order valence-corrected chi connectivity index (χ3v) is 4.06. The van der Waals surface area contributed by atoms with Crippen molar-refractivity contribution >= 4 is 15.9 Å². The third kappa shape index (κ3) is 3.25. The fourth-order valence-corrected chi connectivity index (χ4v) is 2.88. The molecule has 3 atom stereocenters. The van der Waals surface area contributed by atoms with E-state index in [1.54, 1.807) is 7.11 Å². The molecule has 0 saturated heterocycles. The van der Waals surface area contributed by atoms with Crippen LogP contribution in [0.15, 0.2) is 24.3 Å². The number of methoxy groups -OCH3 is 1. The van der Waals surface area contributed by atoms with Crippen LogP contribution in [0.25, 0.3) is 0 Å². The molecular formula is C14H19BrO3. The molecule has 1 aliphatic carbocycles. The molecule has 1 aliphatic rings. The molecule has 1 fully saturated rings. The van der Waals surface area contributed by atoms with Gasteiger partial charge in [0.2, 0.25) is 0 Å². The first-order valence-corrected chi connectivity index (χ1v) is 7.16. The Kier molecular flexibility index (Phi) is 5.03. The molecule has 0 aliphatic heterocycles. The normalized spacial score (nSPS) is 26.7. The predicted molar refractivity (Wildman–Crippen MR) is 74.3 cm³/mol.